The van der Waals surface area contributed by atoms with Crippen LogP contribution in [0, 0.1) is 13.8 Å². The lowest BCUT2D eigenvalue weighted by Gasteiger charge is -2.12. The molecule has 0 spiro atoms. The standard InChI is InChI=1S/C13H20BrNO2S/c1-4-6-18(16,17)7-5-15-13-11(3)8-10(2)9-12(13)14/h8-9,15H,4-7H2,1-3H3. The third-order valence-electron chi connectivity index (χ3n) is 2.66. The number of benzene rings is 1. The third-order valence-corrected chi connectivity index (χ3v) is 5.14. The summed E-state index contributed by atoms with van der Waals surface area (Å²) >= 11 is 3.50. The first kappa shape index (κ1) is 15.5. The maximum atomic E-state index is 11.6. The smallest absolute Gasteiger partial charge is 0.152 e. The van der Waals surface area contributed by atoms with E-state index in [1.165, 1.54) is 5.56 Å². The van der Waals surface area contributed by atoms with E-state index in [1.54, 1.807) is 0 Å². The maximum absolute atomic E-state index is 11.6. The summed E-state index contributed by atoms with van der Waals surface area (Å²) in [6, 6.07) is 4.10. The number of aryl methyl sites for hydroxylation is 2. The number of rotatable bonds is 6. The first-order valence-corrected chi connectivity index (χ1v) is 8.68. The summed E-state index contributed by atoms with van der Waals surface area (Å²) in [4.78, 5) is 0. The van der Waals surface area contributed by atoms with Crippen molar-refractivity contribution in [2.24, 2.45) is 0 Å². The zero-order valence-corrected chi connectivity index (χ0v) is 13.5. The average molecular weight is 334 g/mol. The molecule has 102 valence electrons. The van der Waals surface area contributed by atoms with Crippen LogP contribution in [0.1, 0.15) is 24.5 Å². The van der Waals surface area contributed by atoms with Crippen LogP contribution in [-0.4, -0.2) is 26.5 Å². The Hall–Kier alpha value is -0.550. The molecule has 1 N–H and O–H groups in total. The highest BCUT2D eigenvalue weighted by atomic mass is 79.9. The van der Waals surface area contributed by atoms with E-state index in [1.807, 2.05) is 26.8 Å². The van der Waals surface area contributed by atoms with Crippen LogP contribution in [0.25, 0.3) is 0 Å². The SMILES string of the molecule is CCCS(=O)(=O)CCNc1c(C)cc(C)cc1Br. The van der Waals surface area contributed by atoms with Gasteiger partial charge in [0.2, 0.25) is 0 Å². The number of hydrogen-bond donors (Lipinski definition) is 1. The summed E-state index contributed by atoms with van der Waals surface area (Å²) in [5.41, 5.74) is 3.28. The van der Waals surface area contributed by atoms with E-state index in [9.17, 15) is 8.42 Å². The molecule has 0 aromatic heterocycles. The molecule has 1 aromatic rings. The summed E-state index contributed by atoms with van der Waals surface area (Å²) in [6.07, 6.45) is 0.676. The van der Waals surface area contributed by atoms with E-state index >= 15 is 0 Å². The lowest BCUT2D eigenvalue weighted by Crippen LogP contribution is -2.18. The van der Waals surface area contributed by atoms with E-state index in [-0.39, 0.29) is 11.5 Å². The number of nitrogens with one attached hydrogen (secondary N) is 1. The van der Waals surface area contributed by atoms with Gasteiger partial charge in [-0.1, -0.05) is 13.0 Å². The average Bonchev–Trinajstić information content (AvgIpc) is 2.21. The van der Waals surface area contributed by atoms with Crippen LogP contribution < -0.4 is 5.32 Å². The molecule has 0 saturated carbocycles. The van der Waals surface area contributed by atoms with Crippen molar-refractivity contribution in [1.29, 1.82) is 0 Å². The molecule has 0 amide bonds. The fourth-order valence-electron chi connectivity index (χ4n) is 1.88. The van der Waals surface area contributed by atoms with Crippen LogP contribution in [0.3, 0.4) is 0 Å². The molecule has 0 aliphatic carbocycles. The van der Waals surface area contributed by atoms with Crippen molar-refractivity contribution in [1.82, 2.24) is 0 Å². The van der Waals surface area contributed by atoms with Crippen molar-refractivity contribution in [3.05, 3.63) is 27.7 Å². The van der Waals surface area contributed by atoms with Crippen molar-refractivity contribution in [2.45, 2.75) is 27.2 Å². The Morgan fingerprint density at radius 2 is 1.89 bits per heavy atom. The molecule has 1 aromatic carbocycles. The van der Waals surface area contributed by atoms with Gasteiger partial charge in [0.25, 0.3) is 0 Å². The van der Waals surface area contributed by atoms with Gasteiger partial charge in [0.15, 0.2) is 9.84 Å². The van der Waals surface area contributed by atoms with E-state index in [2.05, 4.69) is 27.3 Å². The monoisotopic (exact) mass is 333 g/mol. The van der Waals surface area contributed by atoms with Gasteiger partial charge >= 0.3 is 0 Å². The summed E-state index contributed by atoms with van der Waals surface area (Å²) < 4.78 is 24.2. The zero-order chi connectivity index (χ0) is 13.8. The molecule has 18 heavy (non-hydrogen) atoms. The number of hydrogen-bond acceptors (Lipinski definition) is 3. The second-order valence-electron chi connectivity index (χ2n) is 4.52. The molecule has 3 nitrogen and oxygen atoms in total. The Kier molecular flexibility index (Phi) is 5.66. The van der Waals surface area contributed by atoms with Gasteiger partial charge in [0.05, 0.1) is 11.4 Å². The van der Waals surface area contributed by atoms with Crippen molar-refractivity contribution in [3.8, 4) is 0 Å². The van der Waals surface area contributed by atoms with Crippen molar-refractivity contribution < 1.29 is 8.42 Å². The molecule has 1 rings (SSSR count). The first-order chi connectivity index (χ1) is 8.35. The lowest BCUT2D eigenvalue weighted by atomic mass is 10.1. The minimum atomic E-state index is -2.91. The molecule has 0 fully saturated rings. The molecule has 0 aliphatic rings. The molecular weight excluding hydrogens is 314 g/mol. The molecule has 0 heterocycles. The minimum absolute atomic E-state index is 0.181. The van der Waals surface area contributed by atoms with Gasteiger partial charge in [-0.25, -0.2) is 8.42 Å². The topological polar surface area (TPSA) is 46.2 Å². The molecule has 0 saturated heterocycles. The van der Waals surface area contributed by atoms with Crippen LogP contribution in [-0.2, 0) is 9.84 Å². The van der Waals surface area contributed by atoms with Crippen LogP contribution in [0.2, 0.25) is 0 Å². The second kappa shape index (κ2) is 6.57. The molecule has 0 bridgehead atoms. The summed E-state index contributed by atoms with van der Waals surface area (Å²) in [5.74, 6) is 0.448. The predicted molar refractivity (Wildman–Crippen MR) is 81.1 cm³/mol. The Bertz CT molecular complexity index is 489. The van der Waals surface area contributed by atoms with Crippen LogP contribution in [0.15, 0.2) is 16.6 Å². The van der Waals surface area contributed by atoms with Gasteiger partial charge in [-0.15, -0.1) is 0 Å². The van der Waals surface area contributed by atoms with Crippen molar-refractivity contribution in [2.75, 3.05) is 23.4 Å². The molecule has 0 radical (unpaired) electrons. The van der Waals surface area contributed by atoms with Gasteiger partial charge in [0.1, 0.15) is 0 Å². The van der Waals surface area contributed by atoms with Crippen LogP contribution in [0.5, 0.6) is 0 Å². The lowest BCUT2D eigenvalue weighted by molar-refractivity contribution is 0.595. The number of sulfone groups is 1. The van der Waals surface area contributed by atoms with E-state index < -0.39 is 9.84 Å². The Morgan fingerprint density at radius 1 is 1.22 bits per heavy atom. The van der Waals surface area contributed by atoms with Gasteiger partial charge in [-0.3, -0.25) is 0 Å². The first-order valence-electron chi connectivity index (χ1n) is 6.07. The highest BCUT2D eigenvalue weighted by molar-refractivity contribution is 9.10. The second-order valence-corrected chi connectivity index (χ2v) is 7.68. The predicted octanol–water partition coefficient (Wildman–Crippen LogP) is 3.30. The van der Waals surface area contributed by atoms with Crippen molar-refractivity contribution >= 4 is 31.5 Å². The summed E-state index contributed by atoms with van der Waals surface area (Å²) in [7, 11) is -2.91. The molecular formula is C13H20BrNO2S. The minimum Gasteiger partial charge on any atom is -0.383 e. The normalized spacial score (nSPS) is 11.6. The van der Waals surface area contributed by atoms with Crippen molar-refractivity contribution in [3.63, 3.8) is 0 Å². The highest BCUT2D eigenvalue weighted by Crippen LogP contribution is 2.27. The van der Waals surface area contributed by atoms with E-state index in [0.717, 1.165) is 15.7 Å². The number of anilines is 1. The molecule has 0 atom stereocenters. The molecule has 0 aliphatic heterocycles. The third kappa shape index (κ3) is 4.61. The highest BCUT2D eigenvalue weighted by Gasteiger charge is 2.10. The molecule has 0 unspecified atom stereocenters. The number of halogens is 1. The Morgan fingerprint density at radius 3 is 2.44 bits per heavy atom. The van der Waals surface area contributed by atoms with E-state index in [4.69, 9.17) is 0 Å². The fraction of sp³-hybridized carbons (Fsp3) is 0.538. The summed E-state index contributed by atoms with van der Waals surface area (Å²) in [5, 5.41) is 3.20. The van der Waals surface area contributed by atoms with Gasteiger partial charge in [-0.05, 0) is 53.4 Å². The van der Waals surface area contributed by atoms with Gasteiger partial charge < -0.3 is 5.32 Å². The van der Waals surface area contributed by atoms with Crippen LogP contribution in [0.4, 0.5) is 5.69 Å². The zero-order valence-electron chi connectivity index (χ0n) is 11.1. The Balaban J connectivity index is 2.65. The van der Waals surface area contributed by atoms with Crippen LogP contribution >= 0.6 is 15.9 Å². The largest absolute Gasteiger partial charge is 0.383 e. The fourth-order valence-corrected chi connectivity index (χ4v) is 3.94. The van der Waals surface area contributed by atoms with Gasteiger partial charge in [-0.2, -0.15) is 0 Å². The quantitative estimate of drug-likeness (QED) is 0.868. The van der Waals surface area contributed by atoms with E-state index in [0.29, 0.717) is 13.0 Å². The maximum Gasteiger partial charge on any atom is 0.152 e. The Labute approximate surface area is 118 Å². The molecule has 5 heteroatoms. The van der Waals surface area contributed by atoms with Gasteiger partial charge in [0, 0.05) is 16.8 Å². The summed E-state index contributed by atoms with van der Waals surface area (Å²) in [6.45, 7) is 6.38.